The van der Waals surface area contributed by atoms with Crippen LogP contribution in [0.5, 0.6) is 0 Å². The summed E-state index contributed by atoms with van der Waals surface area (Å²) >= 11 is 0. The van der Waals surface area contributed by atoms with Gasteiger partial charge in [-0.05, 0) is 32.0 Å². The first-order chi connectivity index (χ1) is 12.4. The molecule has 3 rings (SSSR count). The highest BCUT2D eigenvalue weighted by Gasteiger charge is 2.26. The molecular formula is C18H21F2N5O. The van der Waals surface area contributed by atoms with Gasteiger partial charge in [-0.2, -0.15) is 0 Å². The molecule has 138 valence electrons. The van der Waals surface area contributed by atoms with Gasteiger partial charge in [-0.3, -0.25) is 9.69 Å². The van der Waals surface area contributed by atoms with Gasteiger partial charge in [-0.15, -0.1) is 0 Å². The van der Waals surface area contributed by atoms with Gasteiger partial charge >= 0.3 is 0 Å². The summed E-state index contributed by atoms with van der Waals surface area (Å²) in [7, 11) is 0. The maximum atomic E-state index is 13.3. The Labute approximate surface area is 150 Å². The van der Waals surface area contributed by atoms with Crippen LogP contribution in [0.2, 0.25) is 0 Å². The largest absolute Gasteiger partial charge is 0.354 e. The van der Waals surface area contributed by atoms with Crippen LogP contribution < -0.4 is 10.2 Å². The number of nitrogens with one attached hydrogen (secondary N) is 1. The molecule has 2 aromatic rings. The number of hydrogen-bond donors (Lipinski definition) is 1. The first kappa shape index (κ1) is 18.2. The predicted octanol–water partition coefficient (Wildman–Crippen LogP) is 2.21. The van der Waals surface area contributed by atoms with Gasteiger partial charge in [0.25, 0.3) is 0 Å². The molecule has 1 N–H and O–H groups in total. The molecule has 0 saturated carbocycles. The van der Waals surface area contributed by atoms with Crippen molar-refractivity contribution in [1.82, 2.24) is 14.9 Å². The second-order valence-corrected chi connectivity index (χ2v) is 6.28. The zero-order valence-corrected chi connectivity index (χ0v) is 14.7. The topological polar surface area (TPSA) is 61.4 Å². The van der Waals surface area contributed by atoms with Crippen molar-refractivity contribution >= 4 is 17.4 Å². The number of carbonyl (C=O) groups excluding carboxylic acids is 1. The summed E-state index contributed by atoms with van der Waals surface area (Å²) in [6, 6.07) is 4.82. The van der Waals surface area contributed by atoms with Crippen LogP contribution in [0.1, 0.15) is 12.7 Å². The van der Waals surface area contributed by atoms with Crippen LogP contribution in [0, 0.1) is 18.6 Å². The monoisotopic (exact) mass is 361 g/mol. The van der Waals surface area contributed by atoms with Crippen molar-refractivity contribution in [2.45, 2.75) is 19.9 Å². The smallest absolute Gasteiger partial charge is 0.241 e. The third-order valence-electron chi connectivity index (χ3n) is 4.51. The zero-order chi connectivity index (χ0) is 18.7. The van der Waals surface area contributed by atoms with Gasteiger partial charge < -0.3 is 10.2 Å². The van der Waals surface area contributed by atoms with Crippen molar-refractivity contribution < 1.29 is 13.6 Å². The van der Waals surface area contributed by atoms with Crippen LogP contribution in [0.25, 0.3) is 0 Å². The number of hydrogen-bond acceptors (Lipinski definition) is 5. The molecule has 1 aliphatic heterocycles. The van der Waals surface area contributed by atoms with Crippen LogP contribution in [-0.2, 0) is 4.79 Å². The second kappa shape index (κ2) is 7.74. The molecule has 1 saturated heterocycles. The van der Waals surface area contributed by atoms with Crippen LogP contribution in [-0.4, -0.2) is 53.0 Å². The zero-order valence-electron chi connectivity index (χ0n) is 14.7. The van der Waals surface area contributed by atoms with Crippen LogP contribution >= 0.6 is 0 Å². The van der Waals surface area contributed by atoms with Gasteiger partial charge in [0.2, 0.25) is 5.91 Å². The van der Waals surface area contributed by atoms with Gasteiger partial charge in [0.15, 0.2) is 11.6 Å². The van der Waals surface area contributed by atoms with E-state index in [1.807, 2.05) is 13.0 Å². The maximum absolute atomic E-state index is 13.3. The number of piperazine rings is 1. The molecule has 1 amide bonds. The lowest BCUT2D eigenvalue weighted by atomic mass is 10.2. The predicted molar refractivity (Wildman–Crippen MR) is 95.0 cm³/mol. The second-order valence-electron chi connectivity index (χ2n) is 6.28. The van der Waals surface area contributed by atoms with Crippen LogP contribution in [0.3, 0.4) is 0 Å². The van der Waals surface area contributed by atoms with Crippen molar-refractivity contribution in [3.8, 4) is 0 Å². The Balaban J connectivity index is 1.56. The molecular weight excluding hydrogens is 340 g/mol. The Hall–Kier alpha value is -2.61. The summed E-state index contributed by atoms with van der Waals surface area (Å²) in [5.74, 6) is -0.557. The van der Waals surface area contributed by atoms with Gasteiger partial charge in [0.05, 0.1) is 6.04 Å². The normalized spacial score (nSPS) is 16.4. The molecule has 8 heteroatoms. The van der Waals surface area contributed by atoms with E-state index >= 15 is 0 Å². The quantitative estimate of drug-likeness (QED) is 0.905. The molecule has 6 nitrogen and oxygen atoms in total. The molecule has 26 heavy (non-hydrogen) atoms. The van der Waals surface area contributed by atoms with E-state index in [9.17, 15) is 13.6 Å². The fourth-order valence-electron chi connectivity index (χ4n) is 2.94. The fourth-order valence-corrected chi connectivity index (χ4v) is 2.94. The lowest BCUT2D eigenvalue weighted by Gasteiger charge is -2.38. The standard InChI is InChI=1S/C18H21F2N5O/c1-12(18(26)23-14-3-4-15(19)16(20)11-14)24-7-9-25(10-8-24)17-5-6-21-13(2)22-17/h3-6,11-12H,7-10H2,1-2H3,(H,23,26). The van der Waals surface area contributed by atoms with E-state index < -0.39 is 11.6 Å². The van der Waals surface area contributed by atoms with Gasteiger partial charge in [-0.1, -0.05) is 0 Å². The lowest BCUT2D eigenvalue weighted by molar-refractivity contribution is -0.120. The van der Waals surface area contributed by atoms with Gasteiger partial charge in [0.1, 0.15) is 11.6 Å². The minimum Gasteiger partial charge on any atom is -0.354 e. The SMILES string of the molecule is Cc1nccc(N2CCN(C(C)C(=O)Nc3ccc(F)c(F)c3)CC2)n1. The van der Waals surface area contributed by atoms with E-state index in [-0.39, 0.29) is 17.6 Å². The molecule has 1 fully saturated rings. The summed E-state index contributed by atoms with van der Waals surface area (Å²) in [5.41, 5.74) is 0.246. The summed E-state index contributed by atoms with van der Waals surface area (Å²) in [6.07, 6.45) is 1.74. The van der Waals surface area contributed by atoms with Crippen molar-refractivity contribution in [2.75, 3.05) is 36.4 Å². The third kappa shape index (κ3) is 4.13. The highest BCUT2D eigenvalue weighted by atomic mass is 19.2. The van der Waals surface area contributed by atoms with E-state index in [0.717, 1.165) is 36.9 Å². The Morgan fingerprint density at radius 2 is 1.88 bits per heavy atom. The maximum Gasteiger partial charge on any atom is 0.241 e. The highest BCUT2D eigenvalue weighted by Crippen LogP contribution is 2.17. The molecule has 1 aromatic carbocycles. The number of aryl methyl sites for hydroxylation is 1. The van der Waals surface area contributed by atoms with Crippen LogP contribution in [0.4, 0.5) is 20.3 Å². The summed E-state index contributed by atoms with van der Waals surface area (Å²) in [4.78, 5) is 25.1. The Bertz CT molecular complexity index is 793. The number of amides is 1. The Morgan fingerprint density at radius 3 is 2.54 bits per heavy atom. The van der Waals surface area contributed by atoms with Crippen LogP contribution in [0.15, 0.2) is 30.5 Å². The average Bonchev–Trinajstić information content (AvgIpc) is 2.64. The molecule has 1 aliphatic rings. The number of nitrogens with zero attached hydrogens (tertiary/aromatic N) is 4. The molecule has 1 unspecified atom stereocenters. The Kier molecular flexibility index (Phi) is 5.41. The minimum absolute atomic E-state index is 0.246. The average molecular weight is 361 g/mol. The van der Waals surface area contributed by atoms with E-state index in [1.54, 1.807) is 13.1 Å². The highest BCUT2D eigenvalue weighted by molar-refractivity contribution is 5.94. The van der Waals surface area contributed by atoms with Gasteiger partial charge in [-0.25, -0.2) is 18.7 Å². The fraction of sp³-hybridized carbons (Fsp3) is 0.389. The number of rotatable bonds is 4. The third-order valence-corrected chi connectivity index (χ3v) is 4.51. The summed E-state index contributed by atoms with van der Waals surface area (Å²) in [5, 5.41) is 2.64. The molecule has 0 aliphatic carbocycles. The van der Waals surface area contributed by atoms with Crippen molar-refractivity contribution in [2.24, 2.45) is 0 Å². The summed E-state index contributed by atoms with van der Waals surface area (Å²) < 4.78 is 26.2. The van der Waals surface area contributed by atoms with Crippen molar-refractivity contribution in [1.29, 1.82) is 0 Å². The minimum atomic E-state index is -0.982. The molecule has 1 atom stereocenters. The molecule has 0 bridgehead atoms. The molecule has 0 spiro atoms. The first-order valence-corrected chi connectivity index (χ1v) is 8.48. The number of aromatic nitrogens is 2. The molecule has 2 heterocycles. The summed E-state index contributed by atoms with van der Waals surface area (Å²) in [6.45, 7) is 6.56. The number of anilines is 2. The number of carbonyl (C=O) groups is 1. The number of halogens is 2. The van der Waals surface area contributed by atoms with E-state index in [4.69, 9.17) is 0 Å². The van der Waals surface area contributed by atoms with Gasteiger partial charge in [0, 0.05) is 44.1 Å². The van der Waals surface area contributed by atoms with Crippen molar-refractivity contribution in [3.05, 3.63) is 47.9 Å². The van der Waals surface area contributed by atoms with E-state index in [2.05, 4.69) is 25.1 Å². The first-order valence-electron chi connectivity index (χ1n) is 8.48. The van der Waals surface area contributed by atoms with E-state index in [0.29, 0.717) is 13.1 Å². The molecule has 1 aromatic heterocycles. The lowest BCUT2D eigenvalue weighted by Crippen LogP contribution is -2.53. The Morgan fingerprint density at radius 1 is 1.15 bits per heavy atom. The molecule has 0 radical (unpaired) electrons. The van der Waals surface area contributed by atoms with Crippen molar-refractivity contribution in [3.63, 3.8) is 0 Å². The number of benzene rings is 1. The van der Waals surface area contributed by atoms with E-state index in [1.165, 1.54) is 6.07 Å².